The Labute approximate surface area is 131 Å². The van der Waals surface area contributed by atoms with Crippen LogP contribution in [0.4, 0.5) is 0 Å². The van der Waals surface area contributed by atoms with Crippen LogP contribution in [0.5, 0.6) is 5.75 Å². The first-order chi connectivity index (χ1) is 10.3. The Balaban J connectivity index is 1.46. The lowest BCUT2D eigenvalue weighted by molar-refractivity contribution is 0.0987. The molecule has 0 saturated heterocycles. The summed E-state index contributed by atoms with van der Waals surface area (Å²) in [6.07, 6.45) is 2.36. The molecule has 0 unspecified atom stereocenters. The van der Waals surface area contributed by atoms with Gasteiger partial charge in [-0.05, 0) is 41.1 Å². The molecule has 0 saturated carbocycles. The van der Waals surface area contributed by atoms with Crippen molar-refractivity contribution in [2.24, 2.45) is 0 Å². The zero-order valence-corrected chi connectivity index (χ0v) is 13.1. The number of ketones is 1. The minimum atomic E-state index is 0.250. The van der Waals surface area contributed by atoms with Gasteiger partial charge in [0.15, 0.2) is 5.78 Å². The largest absolute Gasteiger partial charge is 0.493 e. The van der Waals surface area contributed by atoms with Crippen molar-refractivity contribution >= 4 is 37.9 Å². The molecule has 0 atom stereocenters. The van der Waals surface area contributed by atoms with Gasteiger partial charge in [0.1, 0.15) is 5.75 Å². The summed E-state index contributed by atoms with van der Waals surface area (Å²) in [5.41, 5.74) is 2.50. The van der Waals surface area contributed by atoms with Crippen molar-refractivity contribution in [3.8, 4) is 5.75 Å². The second-order valence-corrected chi connectivity index (χ2v) is 7.25. The monoisotopic (exact) mass is 314 g/mol. The Morgan fingerprint density at radius 2 is 2.14 bits per heavy atom. The second kappa shape index (κ2) is 5.28. The molecule has 0 fully saturated rings. The van der Waals surface area contributed by atoms with E-state index in [9.17, 15) is 4.79 Å². The van der Waals surface area contributed by atoms with Crippen LogP contribution in [0.25, 0.3) is 9.40 Å². The highest BCUT2D eigenvalue weighted by atomic mass is 32.1. The zero-order chi connectivity index (χ0) is 14.2. The highest BCUT2D eigenvalue weighted by Gasteiger charge is 2.14. The summed E-state index contributed by atoms with van der Waals surface area (Å²) in [7, 11) is 0. The van der Waals surface area contributed by atoms with E-state index in [2.05, 4.69) is 23.6 Å². The van der Waals surface area contributed by atoms with Crippen molar-refractivity contribution in [3.05, 3.63) is 51.7 Å². The third-order valence-corrected chi connectivity index (χ3v) is 5.94. The first-order valence-electron chi connectivity index (χ1n) is 7.04. The summed E-state index contributed by atoms with van der Waals surface area (Å²) in [4.78, 5) is 13.2. The topological polar surface area (TPSA) is 26.3 Å². The molecule has 3 heterocycles. The van der Waals surface area contributed by atoms with Crippen LogP contribution >= 0.6 is 22.7 Å². The molecule has 2 nitrogen and oxygen atoms in total. The summed E-state index contributed by atoms with van der Waals surface area (Å²) < 4.78 is 7.95. The lowest BCUT2D eigenvalue weighted by atomic mass is 10.0. The third-order valence-electron chi connectivity index (χ3n) is 3.81. The Morgan fingerprint density at radius 3 is 3.05 bits per heavy atom. The van der Waals surface area contributed by atoms with Gasteiger partial charge >= 0.3 is 0 Å². The number of thiophene rings is 2. The van der Waals surface area contributed by atoms with Gasteiger partial charge in [0.05, 0.1) is 11.5 Å². The fraction of sp³-hybridized carbons (Fsp3) is 0.235. The number of ether oxygens (including phenoxy) is 1. The Kier molecular flexibility index (Phi) is 3.28. The highest BCUT2D eigenvalue weighted by Crippen LogP contribution is 2.31. The smallest absolute Gasteiger partial charge is 0.173 e. The summed E-state index contributed by atoms with van der Waals surface area (Å²) in [6.45, 7) is 0.781. The number of fused-ring (bicyclic) bond motifs is 2. The van der Waals surface area contributed by atoms with Crippen LogP contribution in [0, 0.1) is 0 Å². The van der Waals surface area contributed by atoms with Crippen LogP contribution in [0.2, 0.25) is 0 Å². The van der Waals surface area contributed by atoms with E-state index in [0.29, 0.717) is 6.42 Å². The molecule has 1 aliphatic rings. The molecule has 0 N–H and O–H groups in total. The molecule has 4 rings (SSSR count). The maximum absolute atomic E-state index is 12.3. The number of aryl methyl sites for hydroxylation is 1. The molecule has 1 aromatic carbocycles. The first kappa shape index (κ1) is 13.0. The van der Waals surface area contributed by atoms with Crippen LogP contribution in [-0.4, -0.2) is 12.4 Å². The van der Waals surface area contributed by atoms with E-state index in [1.807, 2.05) is 12.1 Å². The molecule has 0 bridgehead atoms. The molecule has 0 amide bonds. The predicted octanol–water partition coefficient (Wildman–Crippen LogP) is 4.71. The van der Waals surface area contributed by atoms with Crippen molar-refractivity contribution in [1.82, 2.24) is 0 Å². The molecule has 0 aliphatic carbocycles. The maximum Gasteiger partial charge on any atom is 0.173 e. The minimum Gasteiger partial charge on any atom is -0.493 e. The summed E-state index contributed by atoms with van der Waals surface area (Å²) in [5, 5.41) is 2.07. The van der Waals surface area contributed by atoms with E-state index in [1.54, 1.807) is 22.7 Å². The number of hydrogen-bond donors (Lipinski definition) is 0. The van der Waals surface area contributed by atoms with Crippen LogP contribution < -0.4 is 4.74 Å². The Bertz CT molecular complexity index is 785. The van der Waals surface area contributed by atoms with Crippen molar-refractivity contribution in [3.63, 3.8) is 0 Å². The van der Waals surface area contributed by atoms with Gasteiger partial charge in [0.2, 0.25) is 0 Å². The highest BCUT2D eigenvalue weighted by molar-refractivity contribution is 7.27. The molecule has 21 heavy (non-hydrogen) atoms. The maximum atomic E-state index is 12.3. The molecule has 3 aromatic rings. The second-order valence-electron chi connectivity index (χ2n) is 5.22. The van der Waals surface area contributed by atoms with Gasteiger partial charge in [-0.15, -0.1) is 22.7 Å². The molecule has 1 aliphatic heterocycles. The minimum absolute atomic E-state index is 0.250. The van der Waals surface area contributed by atoms with E-state index in [4.69, 9.17) is 4.74 Å². The molecular weight excluding hydrogens is 300 g/mol. The first-order valence-corrected chi connectivity index (χ1v) is 8.74. The average molecular weight is 314 g/mol. The summed E-state index contributed by atoms with van der Waals surface area (Å²) in [6, 6.07) is 10.4. The van der Waals surface area contributed by atoms with E-state index in [0.717, 1.165) is 30.1 Å². The standard InChI is InChI=1S/C17H14O2S2/c18-13(16-10-17-15(21-16)6-8-20-17)3-1-11-2-4-14-12(9-11)5-7-19-14/h2,4,6,8-10H,1,3,5,7H2. The SMILES string of the molecule is O=C(CCc1ccc2c(c1)CCO2)c1cc2sccc2s1. The Morgan fingerprint density at radius 1 is 1.19 bits per heavy atom. The molecular formula is C17H14O2S2. The number of rotatable bonds is 4. The normalized spacial score (nSPS) is 13.3. The molecule has 106 valence electrons. The zero-order valence-electron chi connectivity index (χ0n) is 11.4. The van der Waals surface area contributed by atoms with Crippen molar-refractivity contribution in [1.29, 1.82) is 0 Å². The number of benzene rings is 1. The Hall–Kier alpha value is -1.65. The lowest BCUT2D eigenvalue weighted by Gasteiger charge is -2.03. The number of Topliss-reactive ketones (excluding diaryl/α,β-unsaturated/α-hetero) is 1. The van der Waals surface area contributed by atoms with Crippen molar-refractivity contribution in [2.75, 3.05) is 6.61 Å². The van der Waals surface area contributed by atoms with Gasteiger partial charge < -0.3 is 4.74 Å². The van der Waals surface area contributed by atoms with Gasteiger partial charge in [-0.25, -0.2) is 0 Å². The van der Waals surface area contributed by atoms with Crippen LogP contribution in [0.15, 0.2) is 35.7 Å². The fourth-order valence-electron chi connectivity index (χ4n) is 2.68. The van der Waals surface area contributed by atoms with Gasteiger partial charge in [0, 0.05) is 22.2 Å². The van der Waals surface area contributed by atoms with E-state index < -0.39 is 0 Å². The lowest BCUT2D eigenvalue weighted by Crippen LogP contribution is -1.98. The van der Waals surface area contributed by atoms with Gasteiger partial charge in [-0.2, -0.15) is 0 Å². The van der Waals surface area contributed by atoms with Crippen LogP contribution in [0.1, 0.15) is 27.2 Å². The summed E-state index contributed by atoms with van der Waals surface area (Å²) in [5.74, 6) is 1.25. The number of carbonyl (C=O) groups is 1. The van der Waals surface area contributed by atoms with E-state index in [-0.39, 0.29) is 5.78 Å². The van der Waals surface area contributed by atoms with Crippen LogP contribution in [-0.2, 0) is 12.8 Å². The quantitative estimate of drug-likeness (QED) is 0.652. The van der Waals surface area contributed by atoms with Gasteiger partial charge in [0.25, 0.3) is 0 Å². The number of hydrogen-bond acceptors (Lipinski definition) is 4. The average Bonchev–Trinajstić information content (AvgIpc) is 3.18. The predicted molar refractivity (Wildman–Crippen MR) is 88.0 cm³/mol. The molecule has 4 heteroatoms. The number of carbonyl (C=O) groups excluding carboxylic acids is 1. The summed E-state index contributed by atoms with van der Waals surface area (Å²) >= 11 is 3.31. The molecule has 0 radical (unpaired) electrons. The molecule has 0 spiro atoms. The van der Waals surface area contributed by atoms with Crippen molar-refractivity contribution < 1.29 is 9.53 Å². The van der Waals surface area contributed by atoms with Gasteiger partial charge in [-0.3, -0.25) is 4.79 Å². The van der Waals surface area contributed by atoms with E-state index in [1.165, 1.54) is 20.5 Å². The third kappa shape index (κ3) is 2.49. The van der Waals surface area contributed by atoms with E-state index >= 15 is 0 Å². The molecule has 2 aromatic heterocycles. The van der Waals surface area contributed by atoms with Crippen molar-refractivity contribution in [2.45, 2.75) is 19.3 Å². The van der Waals surface area contributed by atoms with Crippen LogP contribution in [0.3, 0.4) is 0 Å². The fourth-order valence-corrected chi connectivity index (χ4v) is 4.76. The van der Waals surface area contributed by atoms with Gasteiger partial charge in [-0.1, -0.05) is 12.1 Å².